The van der Waals surface area contributed by atoms with Crippen molar-refractivity contribution in [3.05, 3.63) is 94.3 Å². The van der Waals surface area contributed by atoms with Gasteiger partial charge in [0.1, 0.15) is 7.05 Å². The van der Waals surface area contributed by atoms with E-state index < -0.39 is 0 Å². The third-order valence-electron chi connectivity index (χ3n) is 5.24. The largest absolute Gasteiger partial charge is 0.683 e. The van der Waals surface area contributed by atoms with Crippen molar-refractivity contribution in [2.45, 2.75) is 25.8 Å². The second kappa shape index (κ2) is 8.37. The normalized spacial score (nSPS) is 15.7. The highest BCUT2D eigenvalue weighted by Gasteiger charge is 2.20. The lowest BCUT2D eigenvalue weighted by Gasteiger charge is -2.26. The van der Waals surface area contributed by atoms with Crippen LogP contribution in [0.3, 0.4) is 0 Å². The summed E-state index contributed by atoms with van der Waals surface area (Å²) in [7, 11) is 1.97. The topological polar surface area (TPSA) is 75.3 Å². The van der Waals surface area contributed by atoms with E-state index in [0.717, 1.165) is 28.1 Å². The van der Waals surface area contributed by atoms with E-state index in [1.807, 2.05) is 61.3 Å². The zero-order valence-corrected chi connectivity index (χ0v) is 17.1. The molecule has 2 N–H and O–H groups in total. The van der Waals surface area contributed by atoms with Crippen LogP contribution in [0.5, 0.6) is 0 Å². The lowest BCUT2D eigenvalue weighted by atomic mass is 10.1. The number of allylic oxidation sites excluding steroid dienone is 1. The van der Waals surface area contributed by atoms with Crippen LogP contribution in [0.2, 0.25) is 0 Å². The molecular formula is C24H24N4O2. The minimum atomic E-state index is -0.182. The number of fused-ring (bicyclic) bond motifs is 1. The predicted octanol–water partition coefficient (Wildman–Crippen LogP) is 4.13. The number of hydrogen-bond donors (Lipinski definition) is 2. The summed E-state index contributed by atoms with van der Waals surface area (Å²) in [5, 5.41) is 10.6. The second-order valence-corrected chi connectivity index (χ2v) is 7.54. The summed E-state index contributed by atoms with van der Waals surface area (Å²) in [6.07, 6.45) is 8.75. The highest BCUT2D eigenvalue weighted by atomic mass is 16.1. The quantitative estimate of drug-likeness (QED) is 0.686. The van der Waals surface area contributed by atoms with Gasteiger partial charge in [0.2, 0.25) is 0 Å². The summed E-state index contributed by atoms with van der Waals surface area (Å²) in [5.74, 6) is -0.0282. The Kier molecular flexibility index (Phi) is 5.48. The first-order valence-corrected chi connectivity index (χ1v) is 9.97. The number of hydrogen-bond acceptors (Lipinski definition) is 3. The van der Waals surface area contributed by atoms with Gasteiger partial charge in [0.15, 0.2) is 23.9 Å². The van der Waals surface area contributed by atoms with Crippen molar-refractivity contribution in [1.82, 2.24) is 5.32 Å². The average molecular weight is 400 g/mol. The van der Waals surface area contributed by atoms with Crippen LogP contribution in [0.15, 0.2) is 66.8 Å². The molecule has 152 valence electrons. The van der Waals surface area contributed by atoms with Crippen LogP contribution < -0.4 is 10.6 Å². The van der Waals surface area contributed by atoms with E-state index in [2.05, 4.69) is 16.0 Å². The first-order chi connectivity index (χ1) is 14.5. The van der Waals surface area contributed by atoms with Gasteiger partial charge in [0.25, 0.3) is 5.91 Å². The molecule has 1 amide bonds. The van der Waals surface area contributed by atoms with Gasteiger partial charge < -0.3 is 16.0 Å². The maximum atomic E-state index is 12.7. The summed E-state index contributed by atoms with van der Waals surface area (Å²) < 4.78 is 1.97. The van der Waals surface area contributed by atoms with Crippen LogP contribution in [0.1, 0.15) is 51.2 Å². The van der Waals surface area contributed by atoms with Crippen LogP contribution in [-0.4, -0.2) is 29.5 Å². The van der Waals surface area contributed by atoms with E-state index in [-0.39, 0.29) is 17.7 Å². The molecule has 2 aromatic rings. The number of ketones is 1. The number of nitrogens with one attached hydrogen (secondary N) is 2. The van der Waals surface area contributed by atoms with E-state index in [1.165, 1.54) is 0 Å². The Hall–Kier alpha value is -3.67. The Morgan fingerprint density at radius 2 is 2.03 bits per heavy atom. The molecule has 1 aliphatic carbocycles. The molecule has 4 rings (SSSR count). The van der Waals surface area contributed by atoms with Gasteiger partial charge in [-0.1, -0.05) is 36.7 Å². The Bertz CT molecular complexity index is 1100. The van der Waals surface area contributed by atoms with Gasteiger partial charge in [0, 0.05) is 23.2 Å². The van der Waals surface area contributed by atoms with E-state index in [4.69, 9.17) is 0 Å². The van der Waals surface area contributed by atoms with Crippen LogP contribution in [0, 0.1) is 0 Å². The molecule has 1 atom stereocenters. The van der Waals surface area contributed by atoms with Gasteiger partial charge in [-0.2, -0.15) is 6.20 Å². The van der Waals surface area contributed by atoms with Crippen molar-refractivity contribution < 1.29 is 14.2 Å². The Balaban J connectivity index is 1.36. The minimum absolute atomic E-state index is 0.0482. The van der Waals surface area contributed by atoms with Crippen molar-refractivity contribution in [2.75, 3.05) is 12.4 Å². The fourth-order valence-electron chi connectivity index (χ4n) is 3.57. The highest BCUT2D eigenvalue weighted by Crippen LogP contribution is 2.26. The smallest absolute Gasteiger partial charge is 0.255 e. The lowest BCUT2D eigenvalue weighted by Crippen LogP contribution is -2.21. The third-order valence-corrected chi connectivity index (χ3v) is 5.24. The van der Waals surface area contributed by atoms with Gasteiger partial charge in [-0.25, -0.2) is 4.58 Å². The number of amides is 1. The molecular weight excluding hydrogens is 376 g/mol. The molecule has 6 heteroatoms. The van der Waals surface area contributed by atoms with Crippen molar-refractivity contribution in [1.29, 1.82) is 0 Å². The molecule has 0 saturated carbocycles. The summed E-state index contributed by atoms with van der Waals surface area (Å²) in [6, 6.07) is 12.9. The van der Waals surface area contributed by atoms with Crippen LogP contribution in [0.25, 0.3) is 5.32 Å². The summed E-state index contributed by atoms with van der Waals surface area (Å²) in [5.41, 5.74) is 5.02. The summed E-state index contributed by atoms with van der Waals surface area (Å²) in [6.45, 7) is 2.01. The molecule has 2 aliphatic rings. The summed E-state index contributed by atoms with van der Waals surface area (Å²) in [4.78, 5) is 24.4. The van der Waals surface area contributed by atoms with Gasteiger partial charge in [-0.3, -0.25) is 9.59 Å². The molecule has 6 nitrogen and oxygen atoms in total. The predicted molar refractivity (Wildman–Crippen MR) is 118 cm³/mol. The molecule has 0 aromatic heterocycles. The second-order valence-electron chi connectivity index (χ2n) is 7.54. The number of benzene rings is 2. The Morgan fingerprint density at radius 3 is 2.83 bits per heavy atom. The van der Waals surface area contributed by atoms with Gasteiger partial charge in [-0.15, -0.1) is 0 Å². The first-order valence-electron chi connectivity index (χ1n) is 9.97. The van der Waals surface area contributed by atoms with Crippen molar-refractivity contribution >= 4 is 23.6 Å². The van der Waals surface area contributed by atoms with E-state index in [9.17, 15) is 9.59 Å². The fraction of sp³-hybridized carbons (Fsp3) is 0.208. The standard InChI is InChI=1S/C24H24N4O2/c1-16(25-10-11-26-21-14-28(2)15-21)17-4-3-5-20(13-17)27-24(30)19-6-8-22-18(12-19)7-9-23(22)29/h3-6,8,10-16H,7,9H2,1-2H3,(H2-,25,26,27,29,30). The average Bonchev–Trinajstić information content (AvgIpc) is 3.10. The minimum Gasteiger partial charge on any atom is -0.683 e. The van der Waals surface area contributed by atoms with Crippen molar-refractivity contribution in [3.63, 3.8) is 0 Å². The number of anilines is 1. The molecule has 2 aromatic carbocycles. The highest BCUT2D eigenvalue weighted by molar-refractivity contribution is 6.06. The molecule has 0 fully saturated rings. The number of carbonyl (C=O) groups is 2. The van der Waals surface area contributed by atoms with Gasteiger partial charge >= 0.3 is 0 Å². The van der Waals surface area contributed by atoms with E-state index in [1.54, 1.807) is 24.5 Å². The molecule has 0 radical (unpaired) electrons. The molecule has 1 heterocycles. The molecule has 0 saturated heterocycles. The van der Waals surface area contributed by atoms with Crippen LogP contribution in [-0.2, 0) is 6.42 Å². The van der Waals surface area contributed by atoms with Gasteiger partial charge in [-0.05, 0) is 42.4 Å². The van der Waals surface area contributed by atoms with Crippen LogP contribution >= 0.6 is 0 Å². The molecule has 30 heavy (non-hydrogen) atoms. The molecule has 0 spiro atoms. The number of aryl methyl sites for hydroxylation is 1. The van der Waals surface area contributed by atoms with E-state index >= 15 is 0 Å². The van der Waals surface area contributed by atoms with Crippen LogP contribution in [0.4, 0.5) is 5.69 Å². The third kappa shape index (κ3) is 4.33. The zero-order chi connectivity index (χ0) is 21.1. The number of rotatable bonds is 7. The number of nitrogens with zero attached hydrogens (tertiary/aromatic N) is 2. The maximum Gasteiger partial charge on any atom is 0.255 e. The van der Waals surface area contributed by atoms with Gasteiger partial charge in [0.05, 0.1) is 0 Å². The van der Waals surface area contributed by atoms with E-state index in [0.29, 0.717) is 18.4 Å². The first kappa shape index (κ1) is 19.6. The monoisotopic (exact) mass is 400 g/mol. The maximum absolute atomic E-state index is 12.7. The number of carbonyl (C=O) groups excluding carboxylic acids is 2. The molecule has 1 unspecified atom stereocenters. The SMILES string of the molecule is CC([N-]C=CNC1=C[N+](C)=C1)c1cccc(NC(=O)c2ccc3c(c2)CCC3=O)c1. The van der Waals surface area contributed by atoms with Crippen molar-refractivity contribution in [3.8, 4) is 0 Å². The number of Topliss-reactive ketones (excluding diaryl/α,β-unsaturated/α-hetero) is 1. The zero-order valence-electron chi connectivity index (χ0n) is 17.1. The summed E-state index contributed by atoms with van der Waals surface area (Å²) >= 11 is 0. The molecule has 1 aliphatic heterocycles. The molecule has 0 bridgehead atoms. The fourth-order valence-corrected chi connectivity index (χ4v) is 3.57. The lowest BCUT2D eigenvalue weighted by molar-refractivity contribution is -0.429. The Morgan fingerprint density at radius 1 is 1.20 bits per heavy atom. The van der Waals surface area contributed by atoms with Crippen molar-refractivity contribution in [2.24, 2.45) is 0 Å². The Labute approximate surface area is 176 Å².